The maximum atomic E-state index is 10.8. The van der Waals surface area contributed by atoms with Gasteiger partial charge >= 0.3 is 0 Å². The number of ether oxygens (including phenoxy) is 2. The lowest BCUT2D eigenvalue weighted by molar-refractivity contribution is -0.384. The zero-order chi connectivity index (χ0) is 15.4. The number of nitro benzene ring substituents is 1. The zero-order valence-electron chi connectivity index (χ0n) is 11.4. The van der Waals surface area contributed by atoms with Crippen molar-refractivity contribution in [1.29, 1.82) is 0 Å². The zero-order valence-corrected chi connectivity index (χ0v) is 11.4. The van der Waals surface area contributed by atoms with Crippen LogP contribution in [0.1, 0.15) is 5.56 Å². The summed E-state index contributed by atoms with van der Waals surface area (Å²) in [5.74, 6) is 6.46. The summed E-state index contributed by atoms with van der Waals surface area (Å²) in [6.45, 7) is 1.70. The van der Waals surface area contributed by atoms with Crippen LogP contribution in [0.3, 0.4) is 0 Å². The molecule has 0 aliphatic rings. The summed E-state index contributed by atoms with van der Waals surface area (Å²) in [7, 11) is 1.44. The molecule has 0 saturated heterocycles. The number of nitrogen functional groups attached to an aromatic ring is 1. The smallest absolute Gasteiger partial charge is 0.273 e. The third-order valence-corrected chi connectivity index (χ3v) is 2.74. The third-order valence-electron chi connectivity index (χ3n) is 2.74. The molecule has 0 saturated carbocycles. The first-order chi connectivity index (χ1) is 10.1. The Morgan fingerprint density at radius 3 is 2.71 bits per heavy atom. The molecule has 1 aromatic carbocycles. The van der Waals surface area contributed by atoms with Crippen molar-refractivity contribution in [2.45, 2.75) is 6.92 Å². The summed E-state index contributed by atoms with van der Waals surface area (Å²) in [4.78, 5) is 18.2. The van der Waals surface area contributed by atoms with E-state index in [1.165, 1.54) is 31.6 Å². The highest BCUT2D eigenvalue weighted by atomic mass is 16.6. The lowest BCUT2D eigenvalue weighted by Crippen LogP contribution is -2.11. The maximum absolute atomic E-state index is 10.8. The SMILES string of the molecule is COc1ccc([N+](=O)[O-])cc1Oc1ncnc(NN)c1C. The molecule has 9 heteroatoms. The molecule has 110 valence electrons. The van der Waals surface area contributed by atoms with Gasteiger partial charge in [0.25, 0.3) is 5.69 Å². The van der Waals surface area contributed by atoms with E-state index in [9.17, 15) is 10.1 Å². The highest BCUT2D eigenvalue weighted by molar-refractivity contribution is 5.52. The van der Waals surface area contributed by atoms with Crippen molar-refractivity contribution in [3.8, 4) is 17.4 Å². The topological polar surface area (TPSA) is 125 Å². The van der Waals surface area contributed by atoms with Gasteiger partial charge in [0, 0.05) is 6.07 Å². The molecule has 0 aliphatic carbocycles. The molecule has 0 atom stereocenters. The number of hydrogen-bond acceptors (Lipinski definition) is 8. The summed E-state index contributed by atoms with van der Waals surface area (Å²) in [5, 5.41) is 10.8. The Morgan fingerprint density at radius 2 is 2.10 bits per heavy atom. The van der Waals surface area contributed by atoms with Crippen LogP contribution in [0.25, 0.3) is 0 Å². The Balaban J connectivity index is 2.43. The predicted molar refractivity (Wildman–Crippen MR) is 74.3 cm³/mol. The van der Waals surface area contributed by atoms with Crippen LogP contribution in [0.4, 0.5) is 11.5 Å². The largest absolute Gasteiger partial charge is 0.493 e. The minimum atomic E-state index is -0.522. The summed E-state index contributed by atoms with van der Waals surface area (Å²) in [6.07, 6.45) is 1.27. The fourth-order valence-corrected chi connectivity index (χ4v) is 1.65. The molecule has 0 unspecified atom stereocenters. The standard InChI is InChI=1S/C12H13N5O4/c1-7-11(16-13)14-6-15-12(7)21-10-5-8(17(18)19)3-4-9(10)20-2/h3-6H,13H2,1-2H3,(H,14,15,16). The second-order valence-corrected chi connectivity index (χ2v) is 3.99. The van der Waals surface area contributed by atoms with Gasteiger partial charge in [0.1, 0.15) is 12.1 Å². The Labute approximate surface area is 119 Å². The van der Waals surface area contributed by atoms with Crippen LogP contribution in [-0.4, -0.2) is 22.0 Å². The number of anilines is 1. The van der Waals surface area contributed by atoms with E-state index in [0.717, 1.165) is 0 Å². The number of nitrogens with zero attached hydrogens (tertiary/aromatic N) is 3. The van der Waals surface area contributed by atoms with Crippen molar-refractivity contribution >= 4 is 11.5 Å². The van der Waals surface area contributed by atoms with Crippen molar-refractivity contribution in [3.63, 3.8) is 0 Å². The van der Waals surface area contributed by atoms with Crippen molar-refractivity contribution in [2.24, 2.45) is 5.84 Å². The first-order valence-corrected chi connectivity index (χ1v) is 5.85. The first-order valence-electron chi connectivity index (χ1n) is 5.85. The number of methoxy groups -OCH3 is 1. The molecule has 2 aromatic rings. The second kappa shape index (κ2) is 6.01. The van der Waals surface area contributed by atoms with Gasteiger partial charge in [-0.25, -0.2) is 15.8 Å². The van der Waals surface area contributed by atoms with Crippen LogP contribution >= 0.6 is 0 Å². The molecule has 0 aliphatic heterocycles. The van der Waals surface area contributed by atoms with Crippen LogP contribution in [0, 0.1) is 17.0 Å². The molecular weight excluding hydrogens is 278 g/mol. The van der Waals surface area contributed by atoms with E-state index < -0.39 is 4.92 Å². The monoisotopic (exact) mass is 291 g/mol. The van der Waals surface area contributed by atoms with Crippen LogP contribution in [0.5, 0.6) is 17.4 Å². The third kappa shape index (κ3) is 2.98. The minimum absolute atomic E-state index is 0.116. The molecule has 2 rings (SSSR count). The van der Waals surface area contributed by atoms with E-state index in [4.69, 9.17) is 15.3 Å². The normalized spacial score (nSPS) is 10.0. The van der Waals surface area contributed by atoms with Crippen LogP contribution in [0.2, 0.25) is 0 Å². The maximum Gasteiger partial charge on any atom is 0.273 e. The summed E-state index contributed by atoms with van der Waals surface area (Å²) >= 11 is 0. The Bertz CT molecular complexity index is 677. The number of nitrogens with one attached hydrogen (secondary N) is 1. The number of aromatic nitrogens is 2. The van der Waals surface area contributed by atoms with Crippen molar-refractivity contribution in [3.05, 3.63) is 40.2 Å². The average Bonchev–Trinajstić information content (AvgIpc) is 2.49. The Kier molecular flexibility index (Phi) is 4.14. The van der Waals surface area contributed by atoms with Crippen molar-refractivity contribution < 1.29 is 14.4 Å². The number of rotatable bonds is 5. The molecule has 0 spiro atoms. The molecule has 0 amide bonds. The summed E-state index contributed by atoms with van der Waals surface area (Å²) in [5.41, 5.74) is 2.86. The molecule has 0 bridgehead atoms. The van der Waals surface area contributed by atoms with Crippen molar-refractivity contribution in [2.75, 3.05) is 12.5 Å². The molecule has 3 N–H and O–H groups in total. The Hall–Kier alpha value is -2.94. The van der Waals surface area contributed by atoms with E-state index in [-0.39, 0.29) is 17.3 Å². The van der Waals surface area contributed by atoms with E-state index in [0.29, 0.717) is 17.1 Å². The van der Waals surface area contributed by atoms with Crippen LogP contribution in [0.15, 0.2) is 24.5 Å². The van der Waals surface area contributed by atoms with Crippen LogP contribution < -0.4 is 20.7 Å². The quantitative estimate of drug-likeness (QED) is 0.485. The number of hydrogen-bond donors (Lipinski definition) is 2. The molecule has 21 heavy (non-hydrogen) atoms. The second-order valence-electron chi connectivity index (χ2n) is 3.99. The van der Waals surface area contributed by atoms with Gasteiger partial charge in [0.05, 0.1) is 23.7 Å². The van der Waals surface area contributed by atoms with E-state index in [2.05, 4.69) is 15.4 Å². The van der Waals surface area contributed by atoms with Crippen LogP contribution in [-0.2, 0) is 0 Å². The van der Waals surface area contributed by atoms with Gasteiger partial charge in [0.2, 0.25) is 5.88 Å². The van der Waals surface area contributed by atoms with E-state index in [1.54, 1.807) is 6.92 Å². The highest BCUT2D eigenvalue weighted by Crippen LogP contribution is 2.35. The average molecular weight is 291 g/mol. The van der Waals surface area contributed by atoms with Gasteiger partial charge in [-0.2, -0.15) is 0 Å². The van der Waals surface area contributed by atoms with Gasteiger partial charge in [0.15, 0.2) is 11.5 Å². The Morgan fingerprint density at radius 1 is 1.33 bits per heavy atom. The lowest BCUT2D eigenvalue weighted by Gasteiger charge is -2.12. The summed E-state index contributed by atoms with van der Waals surface area (Å²) in [6, 6.07) is 4.04. The number of nitrogens with two attached hydrogens (primary N) is 1. The van der Waals surface area contributed by atoms with Crippen molar-refractivity contribution in [1.82, 2.24) is 9.97 Å². The van der Waals surface area contributed by atoms with E-state index in [1.807, 2.05) is 0 Å². The van der Waals surface area contributed by atoms with Gasteiger partial charge < -0.3 is 14.9 Å². The fourth-order valence-electron chi connectivity index (χ4n) is 1.65. The number of benzene rings is 1. The number of nitro groups is 1. The number of hydrazine groups is 1. The molecule has 9 nitrogen and oxygen atoms in total. The van der Waals surface area contributed by atoms with Gasteiger partial charge in [-0.1, -0.05) is 0 Å². The first kappa shape index (κ1) is 14.5. The molecule has 1 aromatic heterocycles. The molecule has 0 fully saturated rings. The van der Waals surface area contributed by atoms with E-state index >= 15 is 0 Å². The fraction of sp³-hybridized carbons (Fsp3) is 0.167. The molecular formula is C12H13N5O4. The predicted octanol–water partition coefficient (Wildman–Crippen LogP) is 1.78. The van der Waals surface area contributed by atoms with Gasteiger partial charge in [-0.3, -0.25) is 10.1 Å². The lowest BCUT2D eigenvalue weighted by atomic mass is 10.2. The van der Waals surface area contributed by atoms with Gasteiger partial charge in [-0.15, -0.1) is 0 Å². The highest BCUT2D eigenvalue weighted by Gasteiger charge is 2.16. The number of non-ortho nitro benzene ring substituents is 1. The summed E-state index contributed by atoms with van der Waals surface area (Å²) < 4.78 is 10.7. The molecule has 0 radical (unpaired) electrons. The minimum Gasteiger partial charge on any atom is -0.493 e. The molecule has 1 heterocycles. The van der Waals surface area contributed by atoms with Gasteiger partial charge in [-0.05, 0) is 13.0 Å².